The molecule has 0 amide bonds. The molecular weight excluding hydrogens is 360 g/mol. The summed E-state index contributed by atoms with van der Waals surface area (Å²) >= 11 is 0. The van der Waals surface area contributed by atoms with Gasteiger partial charge < -0.3 is 28.4 Å². The van der Waals surface area contributed by atoms with E-state index in [0.717, 1.165) is 30.3 Å². The summed E-state index contributed by atoms with van der Waals surface area (Å²) in [5, 5.41) is 0. The van der Waals surface area contributed by atoms with Gasteiger partial charge in [-0.2, -0.15) is 0 Å². The molecule has 0 N–H and O–H groups in total. The molecule has 0 spiro atoms. The third-order valence-electron chi connectivity index (χ3n) is 5.08. The van der Waals surface area contributed by atoms with Crippen LogP contribution in [0.25, 0.3) is 0 Å². The summed E-state index contributed by atoms with van der Waals surface area (Å²) in [7, 11) is 0. The fourth-order valence-corrected chi connectivity index (χ4v) is 3.15. The van der Waals surface area contributed by atoms with E-state index in [1.165, 1.54) is 5.56 Å². The quantitative estimate of drug-likeness (QED) is 0.652. The van der Waals surface area contributed by atoms with Gasteiger partial charge in [0.25, 0.3) is 0 Å². The molecule has 0 radical (unpaired) electrons. The second-order valence-electron chi connectivity index (χ2n) is 7.37. The van der Waals surface area contributed by atoms with Crippen LogP contribution in [0.4, 0.5) is 0 Å². The molecule has 2 unspecified atom stereocenters. The van der Waals surface area contributed by atoms with Gasteiger partial charge in [0, 0.05) is 11.5 Å². The number of rotatable bonds is 8. The molecule has 2 aromatic rings. The lowest BCUT2D eigenvalue weighted by molar-refractivity contribution is -0.191. The number of ether oxygens (including phenoxy) is 6. The van der Waals surface area contributed by atoms with E-state index >= 15 is 0 Å². The van der Waals surface area contributed by atoms with Crippen molar-refractivity contribution in [2.45, 2.75) is 24.4 Å². The topological polar surface area (TPSA) is 62.0 Å². The Morgan fingerprint density at radius 3 is 1.54 bits per heavy atom. The van der Waals surface area contributed by atoms with E-state index in [1.807, 2.05) is 36.4 Å². The van der Waals surface area contributed by atoms with Crippen molar-refractivity contribution >= 4 is 0 Å². The molecule has 2 aromatic carbocycles. The zero-order valence-corrected chi connectivity index (χ0v) is 15.6. The van der Waals surface area contributed by atoms with E-state index in [2.05, 4.69) is 12.1 Å². The minimum Gasteiger partial charge on any atom is -0.491 e. The van der Waals surface area contributed by atoms with Crippen molar-refractivity contribution in [2.24, 2.45) is 0 Å². The Labute approximate surface area is 164 Å². The van der Waals surface area contributed by atoms with Gasteiger partial charge in [-0.1, -0.05) is 24.3 Å². The molecule has 0 saturated carbocycles. The van der Waals surface area contributed by atoms with E-state index in [0.29, 0.717) is 26.4 Å². The largest absolute Gasteiger partial charge is 0.491 e. The van der Waals surface area contributed by atoms with Crippen molar-refractivity contribution in [2.75, 3.05) is 39.6 Å². The molecule has 3 heterocycles. The Morgan fingerprint density at radius 2 is 1.07 bits per heavy atom. The maximum absolute atomic E-state index is 5.97. The summed E-state index contributed by atoms with van der Waals surface area (Å²) < 4.78 is 33.6. The Bertz CT molecular complexity index is 691. The minimum atomic E-state index is -0.335. The molecule has 6 nitrogen and oxygen atoms in total. The number of hydrogen-bond acceptors (Lipinski definition) is 6. The van der Waals surface area contributed by atoms with Crippen LogP contribution in [0.3, 0.4) is 0 Å². The lowest BCUT2D eigenvalue weighted by atomic mass is 10.00. The predicted molar refractivity (Wildman–Crippen MR) is 101 cm³/mol. The van der Waals surface area contributed by atoms with E-state index < -0.39 is 0 Å². The van der Waals surface area contributed by atoms with Crippen LogP contribution in [0.2, 0.25) is 0 Å². The van der Waals surface area contributed by atoms with Crippen LogP contribution >= 0.6 is 0 Å². The van der Waals surface area contributed by atoms with Crippen LogP contribution < -0.4 is 9.47 Å². The Morgan fingerprint density at radius 1 is 0.607 bits per heavy atom. The lowest BCUT2D eigenvalue weighted by Crippen LogP contribution is -2.25. The second-order valence-corrected chi connectivity index (χ2v) is 7.37. The summed E-state index contributed by atoms with van der Waals surface area (Å²) in [6.07, 6.45) is 0.192. The summed E-state index contributed by atoms with van der Waals surface area (Å²) in [6.45, 7) is 4.08. The molecule has 0 bridgehead atoms. The maximum atomic E-state index is 5.97. The molecule has 2 atom stereocenters. The van der Waals surface area contributed by atoms with Gasteiger partial charge in [0.1, 0.15) is 36.9 Å². The maximum Gasteiger partial charge on any atom is 0.183 e. The van der Waals surface area contributed by atoms with Crippen molar-refractivity contribution in [3.05, 3.63) is 59.7 Å². The molecule has 6 heteroatoms. The zero-order chi connectivity index (χ0) is 18.8. The first-order valence-electron chi connectivity index (χ1n) is 9.75. The van der Waals surface area contributed by atoms with Gasteiger partial charge in [0.05, 0.1) is 26.4 Å². The van der Waals surface area contributed by atoms with Crippen LogP contribution in [-0.4, -0.2) is 51.8 Å². The fourth-order valence-electron chi connectivity index (χ4n) is 3.15. The normalized spacial score (nSPS) is 28.6. The second kappa shape index (κ2) is 8.09. The van der Waals surface area contributed by atoms with Gasteiger partial charge in [0.2, 0.25) is 0 Å². The summed E-state index contributed by atoms with van der Waals surface area (Å²) in [5.74, 6) is 1.92. The fraction of sp³-hybridized carbons (Fsp3) is 0.455. The first kappa shape index (κ1) is 17.9. The monoisotopic (exact) mass is 384 g/mol. The molecule has 3 saturated heterocycles. The van der Waals surface area contributed by atoms with Crippen LogP contribution in [0, 0.1) is 0 Å². The summed E-state index contributed by atoms with van der Waals surface area (Å²) in [6, 6.07) is 16.0. The Kier molecular flexibility index (Phi) is 5.18. The van der Waals surface area contributed by atoms with Gasteiger partial charge in [0.15, 0.2) is 6.29 Å². The molecule has 3 fully saturated rings. The first-order valence-corrected chi connectivity index (χ1v) is 9.75. The van der Waals surface area contributed by atoms with Gasteiger partial charge in [-0.05, 0) is 29.8 Å². The minimum absolute atomic E-state index is 0.221. The summed E-state index contributed by atoms with van der Waals surface area (Å²) in [4.78, 5) is 0. The molecule has 3 aliphatic heterocycles. The van der Waals surface area contributed by atoms with Crippen LogP contribution in [0.5, 0.6) is 11.5 Å². The Hall–Kier alpha value is -2.12. The highest BCUT2D eigenvalue weighted by Gasteiger charge is 2.26. The van der Waals surface area contributed by atoms with Gasteiger partial charge >= 0.3 is 0 Å². The highest BCUT2D eigenvalue weighted by Crippen LogP contribution is 2.31. The van der Waals surface area contributed by atoms with Gasteiger partial charge in [-0.15, -0.1) is 0 Å². The van der Waals surface area contributed by atoms with Gasteiger partial charge in [-0.25, -0.2) is 0 Å². The molecule has 0 aliphatic carbocycles. The van der Waals surface area contributed by atoms with Crippen molar-refractivity contribution in [1.82, 2.24) is 0 Å². The standard InChI is InChI=1S/C22H24O6/c1-5-18(23-11-20-13-25-20)6-2-15(1)17-9-27-22(28-10-17)16-3-7-19(8-4-16)24-12-21-14-26-21/h1-8,17,20-22H,9-14H2. The van der Waals surface area contributed by atoms with Gasteiger partial charge in [-0.3, -0.25) is 0 Å². The number of benzene rings is 2. The SMILES string of the molecule is c1cc(C2COC(c3ccc(OCC4CO4)cc3)OC2)ccc1OCC1CO1. The highest BCUT2D eigenvalue weighted by molar-refractivity contribution is 5.31. The molecule has 3 aliphatic rings. The molecule has 5 rings (SSSR count). The average molecular weight is 384 g/mol. The molecule has 28 heavy (non-hydrogen) atoms. The van der Waals surface area contributed by atoms with E-state index in [4.69, 9.17) is 28.4 Å². The smallest absolute Gasteiger partial charge is 0.183 e. The van der Waals surface area contributed by atoms with Crippen LogP contribution in [-0.2, 0) is 18.9 Å². The van der Waals surface area contributed by atoms with Crippen LogP contribution in [0.1, 0.15) is 23.3 Å². The predicted octanol–water partition coefficient (Wildman–Crippen LogP) is 3.07. The average Bonchev–Trinajstić information content (AvgIpc) is 3.67. The van der Waals surface area contributed by atoms with E-state index in [-0.39, 0.29) is 24.4 Å². The molecule has 148 valence electrons. The van der Waals surface area contributed by atoms with Crippen molar-refractivity contribution in [1.29, 1.82) is 0 Å². The summed E-state index contributed by atoms with van der Waals surface area (Å²) in [5.41, 5.74) is 2.19. The van der Waals surface area contributed by atoms with Crippen LogP contribution in [0.15, 0.2) is 48.5 Å². The van der Waals surface area contributed by atoms with E-state index in [9.17, 15) is 0 Å². The number of hydrogen-bond donors (Lipinski definition) is 0. The third-order valence-corrected chi connectivity index (χ3v) is 5.08. The zero-order valence-electron chi connectivity index (χ0n) is 15.6. The van der Waals surface area contributed by atoms with Crippen molar-refractivity contribution < 1.29 is 28.4 Å². The first-order chi connectivity index (χ1) is 13.8. The molecule has 0 aromatic heterocycles. The third kappa shape index (κ3) is 4.64. The molecular formula is C22H24O6. The number of epoxide rings is 2. The van der Waals surface area contributed by atoms with Crippen molar-refractivity contribution in [3.63, 3.8) is 0 Å². The van der Waals surface area contributed by atoms with Crippen molar-refractivity contribution in [3.8, 4) is 11.5 Å². The lowest BCUT2D eigenvalue weighted by Gasteiger charge is -2.30. The highest BCUT2D eigenvalue weighted by atomic mass is 16.7. The van der Waals surface area contributed by atoms with E-state index in [1.54, 1.807) is 0 Å². The Balaban J connectivity index is 1.11.